The van der Waals surface area contributed by atoms with Gasteiger partial charge in [0.15, 0.2) is 0 Å². The number of para-hydroxylation sites is 1. The summed E-state index contributed by atoms with van der Waals surface area (Å²) in [5.74, 6) is 1.26. The topological polar surface area (TPSA) is 67.4 Å². The van der Waals surface area contributed by atoms with Gasteiger partial charge in [0.1, 0.15) is 11.5 Å². The Kier molecular flexibility index (Phi) is 5.56. The number of carbonyl (C=O) groups excluding carboxylic acids is 2. The van der Waals surface area contributed by atoms with Gasteiger partial charge in [0.25, 0.3) is 5.91 Å². The first-order chi connectivity index (χ1) is 14.2. The third-order valence-corrected chi connectivity index (χ3v) is 4.61. The summed E-state index contributed by atoms with van der Waals surface area (Å²) in [7, 11) is 0. The first kappa shape index (κ1) is 18.7. The van der Waals surface area contributed by atoms with E-state index in [0.29, 0.717) is 29.5 Å². The van der Waals surface area contributed by atoms with Gasteiger partial charge in [0, 0.05) is 17.3 Å². The van der Waals surface area contributed by atoms with Crippen molar-refractivity contribution < 1.29 is 14.3 Å². The van der Waals surface area contributed by atoms with E-state index in [2.05, 4.69) is 10.6 Å². The Balaban J connectivity index is 1.31. The lowest BCUT2D eigenvalue weighted by atomic mass is 10.1. The van der Waals surface area contributed by atoms with Crippen molar-refractivity contribution in [1.82, 2.24) is 5.32 Å². The Morgan fingerprint density at radius 3 is 2.14 bits per heavy atom. The predicted octanol–water partition coefficient (Wildman–Crippen LogP) is 4.55. The van der Waals surface area contributed by atoms with E-state index in [0.717, 1.165) is 24.2 Å². The third-order valence-electron chi connectivity index (χ3n) is 4.61. The number of nitrogens with one attached hydrogen (secondary N) is 2. The molecule has 0 atom stereocenters. The van der Waals surface area contributed by atoms with Gasteiger partial charge in [-0.1, -0.05) is 30.3 Å². The number of amides is 2. The van der Waals surface area contributed by atoms with Crippen molar-refractivity contribution in [3.8, 4) is 11.5 Å². The molecule has 2 N–H and O–H groups in total. The van der Waals surface area contributed by atoms with E-state index < -0.39 is 0 Å². The number of hydrogen-bond acceptors (Lipinski definition) is 3. The monoisotopic (exact) mass is 386 g/mol. The fraction of sp³-hybridized carbons (Fsp3) is 0.167. The van der Waals surface area contributed by atoms with Crippen LogP contribution in [-0.2, 0) is 11.2 Å². The van der Waals surface area contributed by atoms with Crippen molar-refractivity contribution >= 4 is 17.5 Å². The van der Waals surface area contributed by atoms with E-state index >= 15 is 0 Å². The lowest BCUT2D eigenvalue weighted by Crippen LogP contribution is -2.26. The maximum absolute atomic E-state index is 12.5. The molecule has 29 heavy (non-hydrogen) atoms. The minimum Gasteiger partial charge on any atom is -0.457 e. The van der Waals surface area contributed by atoms with Crippen molar-refractivity contribution in [2.75, 3.05) is 5.32 Å². The summed E-state index contributed by atoms with van der Waals surface area (Å²) in [4.78, 5) is 24.3. The Morgan fingerprint density at radius 1 is 0.828 bits per heavy atom. The maximum Gasteiger partial charge on any atom is 0.255 e. The highest BCUT2D eigenvalue weighted by Crippen LogP contribution is 2.22. The fourth-order valence-corrected chi connectivity index (χ4v) is 2.90. The van der Waals surface area contributed by atoms with Crippen LogP contribution < -0.4 is 15.4 Å². The van der Waals surface area contributed by atoms with Gasteiger partial charge in [0.2, 0.25) is 5.91 Å². The second-order valence-electron chi connectivity index (χ2n) is 7.11. The van der Waals surface area contributed by atoms with Crippen LogP contribution in [0.4, 0.5) is 5.69 Å². The molecule has 5 nitrogen and oxygen atoms in total. The van der Waals surface area contributed by atoms with Crippen LogP contribution in [0.3, 0.4) is 0 Å². The number of ether oxygens (including phenoxy) is 1. The van der Waals surface area contributed by atoms with Crippen LogP contribution in [-0.4, -0.2) is 17.9 Å². The molecule has 0 heterocycles. The molecule has 3 aromatic carbocycles. The smallest absolute Gasteiger partial charge is 0.255 e. The van der Waals surface area contributed by atoms with Gasteiger partial charge in [-0.3, -0.25) is 9.59 Å². The zero-order valence-corrected chi connectivity index (χ0v) is 15.9. The Hall–Kier alpha value is -3.60. The van der Waals surface area contributed by atoms with Gasteiger partial charge in [-0.15, -0.1) is 0 Å². The first-order valence-electron chi connectivity index (χ1n) is 9.68. The zero-order valence-electron chi connectivity index (χ0n) is 15.9. The van der Waals surface area contributed by atoms with Crippen molar-refractivity contribution in [3.63, 3.8) is 0 Å². The second-order valence-corrected chi connectivity index (χ2v) is 7.11. The molecule has 5 heteroatoms. The molecule has 0 spiro atoms. The van der Waals surface area contributed by atoms with Crippen LogP contribution in [0.5, 0.6) is 11.5 Å². The van der Waals surface area contributed by atoms with Gasteiger partial charge in [0.05, 0.1) is 6.42 Å². The van der Waals surface area contributed by atoms with Gasteiger partial charge in [-0.05, 0) is 66.9 Å². The summed E-state index contributed by atoms with van der Waals surface area (Å²) in [6.07, 6.45) is 2.51. The summed E-state index contributed by atoms with van der Waals surface area (Å²) in [5.41, 5.74) is 2.15. The quantitative estimate of drug-likeness (QED) is 0.626. The van der Waals surface area contributed by atoms with E-state index in [1.54, 1.807) is 24.3 Å². The molecule has 0 aliphatic heterocycles. The predicted molar refractivity (Wildman–Crippen MR) is 112 cm³/mol. The van der Waals surface area contributed by atoms with E-state index in [-0.39, 0.29) is 11.8 Å². The van der Waals surface area contributed by atoms with Gasteiger partial charge in [-0.2, -0.15) is 0 Å². The highest BCUT2D eigenvalue weighted by atomic mass is 16.5. The van der Waals surface area contributed by atoms with Crippen LogP contribution in [0, 0.1) is 0 Å². The SMILES string of the molecule is O=C(Cc1ccc(NC(=O)c2ccc(Oc3ccccc3)cc2)cc1)NC1CC1. The molecule has 0 bridgehead atoms. The molecular weight excluding hydrogens is 364 g/mol. The molecule has 0 aromatic heterocycles. The first-order valence-corrected chi connectivity index (χ1v) is 9.68. The normalized spacial score (nSPS) is 12.8. The summed E-state index contributed by atoms with van der Waals surface area (Å²) in [6, 6.07) is 24.2. The van der Waals surface area contributed by atoms with Crippen LogP contribution in [0.15, 0.2) is 78.9 Å². The third kappa shape index (κ3) is 5.45. The Morgan fingerprint density at radius 2 is 1.48 bits per heavy atom. The molecule has 0 unspecified atom stereocenters. The Bertz CT molecular complexity index is 979. The zero-order chi connectivity index (χ0) is 20.1. The maximum atomic E-state index is 12.5. The standard InChI is InChI=1S/C24H22N2O3/c27-23(25-19-12-13-19)16-17-6-10-20(11-7-17)26-24(28)18-8-14-22(15-9-18)29-21-4-2-1-3-5-21/h1-11,14-15,19H,12-13,16H2,(H,25,27)(H,26,28). The van der Waals surface area contributed by atoms with Crippen molar-refractivity contribution in [1.29, 1.82) is 0 Å². The average molecular weight is 386 g/mol. The van der Waals surface area contributed by atoms with Crippen LogP contribution in [0.1, 0.15) is 28.8 Å². The van der Waals surface area contributed by atoms with E-state index in [1.807, 2.05) is 54.6 Å². The number of anilines is 1. The summed E-state index contributed by atoms with van der Waals surface area (Å²) in [5, 5.41) is 5.84. The van der Waals surface area contributed by atoms with Crippen LogP contribution in [0.25, 0.3) is 0 Å². The molecule has 1 aliphatic rings. The van der Waals surface area contributed by atoms with Crippen LogP contribution in [0.2, 0.25) is 0 Å². The van der Waals surface area contributed by atoms with Gasteiger partial charge >= 0.3 is 0 Å². The lowest BCUT2D eigenvalue weighted by Gasteiger charge is -2.09. The highest BCUT2D eigenvalue weighted by molar-refractivity contribution is 6.04. The molecule has 4 rings (SSSR count). The molecule has 0 saturated heterocycles. The van der Waals surface area contributed by atoms with Crippen molar-refractivity contribution in [3.05, 3.63) is 90.0 Å². The number of carbonyl (C=O) groups is 2. The minimum absolute atomic E-state index is 0.0436. The van der Waals surface area contributed by atoms with Crippen molar-refractivity contribution in [2.45, 2.75) is 25.3 Å². The minimum atomic E-state index is -0.199. The number of hydrogen-bond donors (Lipinski definition) is 2. The largest absolute Gasteiger partial charge is 0.457 e. The Labute approximate surface area is 169 Å². The summed E-state index contributed by atoms with van der Waals surface area (Å²) in [6.45, 7) is 0. The lowest BCUT2D eigenvalue weighted by molar-refractivity contribution is -0.120. The van der Waals surface area contributed by atoms with Crippen LogP contribution >= 0.6 is 0 Å². The second kappa shape index (κ2) is 8.61. The number of rotatable bonds is 7. The molecule has 2 amide bonds. The van der Waals surface area contributed by atoms with E-state index in [1.165, 1.54) is 0 Å². The van der Waals surface area contributed by atoms with E-state index in [4.69, 9.17) is 4.74 Å². The molecule has 1 saturated carbocycles. The number of benzene rings is 3. The molecule has 3 aromatic rings. The average Bonchev–Trinajstić information content (AvgIpc) is 3.54. The van der Waals surface area contributed by atoms with Crippen molar-refractivity contribution in [2.24, 2.45) is 0 Å². The summed E-state index contributed by atoms with van der Waals surface area (Å²) >= 11 is 0. The van der Waals surface area contributed by atoms with Gasteiger partial charge in [-0.25, -0.2) is 0 Å². The molecule has 1 aliphatic carbocycles. The molecule has 1 fully saturated rings. The molecule has 146 valence electrons. The van der Waals surface area contributed by atoms with Gasteiger partial charge < -0.3 is 15.4 Å². The highest BCUT2D eigenvalue weighted by Gasteiger charge is 2.23. The fourth-order valence-electron chi connectivity index (χ4n) is 2.90. The molecular formula is C24H22N2O3. The summed E-state index contributed by atoms with van der Waals surface area (Å²) < 4.78 is 5.74. The molecule has 0 radical (unpaired) electrons. The van der Waals surface area contributed by atoms with E-state index in [9.17, 15) is 9.59 Å².